The van der Waals surface area contributed by atoms with Crippen LogP contribution in [0.5, 0.6) is 0 Å². The predicted molar refractivity (Wildman–Crippen MR) is 128 cm³/mol. The van der Waals surface area contributed by atoms with Gasteiger partial charge in [-0.25, -0.2) is 9.97 Å². The number of carbonyl (C=O) groups is 1. The molecule has 1 aliphatic rings. The number of benzene rings is 2. The Hall–Kier alpha value is -3.57. The smallest absolute Gasteiger partial charge is 0.269 e. The van der Waals surface area contributed by atoms with Gasteiger partial charge in [-0.05, 0) is 30.7 Å². The lowest BCUT2D eigenvalue weighted by atomic mass is 10.2. The van der Waals surface area contributed by atoms with Crippen molar-refractivity contribution in [3.05, 3.63) is 58.6 Å². The van der Waals surface area contributed by atoms with Crippen LogP contribution in [-0.4, -0.2) is 66.9 Å². The molecule has 0 aliphatic carbocycles. The van der Waals surface area contributed by atoms with Gasteiger partial charge in [-0.15, -0.1) is 5.10 Å². The van der Waals surface area contributed by atoms with Gasteiger partial charge in [-0.2, -0.15) is 4.52 Å². The van der Waals surface area contributed by atoms with E-state index in [4.69, 9.17) is 14.7 Å². The van der Waals surface area contributed by atoms with Crippen LogP contribution in [-0.2, 0) is 9.53 Å². The average Bonchev–Trinajstić information content (AvgIpc) is 3.33. The van der Waals surface area contributed by atoms with E-state index in [0.29, 0.717) is 54.9 Å². The zero-order valence-corrected chi connectivity index (χ0v) is 19.3. The van der Waals surface area contributed by atoms with Crippen molar-refractivity contribution in [2.75, 3.05) is 26.3 Å². The predicted octanol–water partition coefficient (Wildman–Crippen LogP) is 3.58. The Labute approximate surface area is 199 Å². The van der Waals surface area contributed by atoms with Gasteiger partial charge in [0.2, 0.25) is 5.91 Å². The van der Waals surface area contributed by atoms with Crippen molar-refractivity contribution < 1.29 is 14.5 Å². The Balaban J connectivity index is 1.56. The van der Waals surface area contributed by atoms with E-state index >= 15 is 0 Å². The number of nitro groups is 1. The third kappa shape index (κ3) is 4.19. The molecule has 0 radical (unpaired) electrons. The maximum atomic E-state index is 13.2. The number of thioether (sulfide) groups is 1. The van der Waals surface area contributed by atoms with Gasteiger partial charge < -0.3 is 9.64 Å². The molecule has 1 fully saturated rings. The summed E-state index contributed by atoms with van der Waals surface area (Å²) in [6.07, 6.45) is 0.640. The highest BCUT2D eigenvalue weighted by Gasteiger charge is 2.27. The molecule has 2 aromatic heterocycles. The summed E-state index contributed by atoms with van der Waals surface area (Å²) >= 11 is 1.38. The zero-order chi connectivity index (χ0) is 23.7. The molecule has 5 rings (SSSR count). The number of non-ortho nitro benzene ring substituents is 1. The van der Waals surface area contributed by atoms with Gasteiger partial charge in [0, 0.05) is 36.2 Å². The van der Waals surface area contributed by atoms with Gasteiger partial charge >= 0.3 is 0 Å². The molecule has 174 valence electrons. The number of ether oxygens (including phenoxy) is 1. The lowest BCUT2D eigenvalue weighted by Crippen LogP contribution is -2.44. The van der Waals surface area contributed by atoms with Crippen LogP contribution in [0.15, 0.2) is 53.7 Å². The topological polar surface area (TPSA) is 116 Å². The molecule has 1 unspecified atom stereocenters. The first-order valence-corrected chi connectivity index (χ1v) is 11.9. The summed E-state index contributed by atoms with van der Waals surface area (Å²) < 4.78 is 7.05. The van der Waals surface area contributed by atoms with E-state index in [1.54, 1.807) is 16.6 Å². The standard InChI is InChI=1S/C23H22N6O4S/c1-2-19(22(30)27-11-13-33-14-12-27)34-23-24-18-6-4-3-5-17(18)21-25-20(26-28(21)23)15-7-9-16(10-8-15)29(31)32/h3-10,19H,2,11-14H2,1H3. The minimum absolute atomic E-state index is 0.00304. The monoisotopic (exact) mass is 478 g/mol. The van der Waals surface area contributed by atoms with Gasteiger partial charge in [0.05, 0.1) is 28.9 Å². The third-order valence-electron chi connectivity index (χ3n) is 5.70. The average molecular weight is 479 g/mol. The molecule has 3 heterocycles. The van der Waals surface area contributed by atoms with Crippen LogP contribution >= 0.6 is 11.8 Å². The van der Waals surface area contributed by atoms with E-state index in [0.717, 1.165) is 10.9 Å². The number of hydrogen-bond donors (Lipinski definition) is 0. The maximum Gasteiger partial charge on any atom is 0.269 e. The minimum atomic E-state index is -0.441. The molecule has 11 heteroatoms. The van der Waals surface area contributed by atoms with Crippen LogP contribution in [0, 0.1) is 10.1 Å². The van der Waals surface area contributed by atoms with E-state index in [9.17, 15) is 14.9 Å². The van der Waals surface area contributed by atoms with E-state index in [1.807, 2.05) is 36.1 Å². The number of nitrogens with zero attached hydrogens (tertiary/aromatic N) is 6. The number of morpholine rings is 1. The van der Waals surface area contributed by atoms with Crippen LogP contribution in [0.3, 0.4) is 0 Å². The molecule has 34 heavy (non-hydrogen) atoms. The van der Waals surface area contributed by atoms with Crippen LogP contribution in [0.1, 0.15) is 13.3 Å². The molecule has 1 amide bonds. The largest absolute Gasteiger partial charge is 0.378 e. The lowest BCUT2D eigenvalue weighted by molar-refractivity contribution is -0.384. The molecule has 4 aromatic rings. The van der Waals surface area contributed by atoms with Crippen molar-refractivity contribution in [3.63, 3.8) is 0 Å². The highest BCUT2D eigenvalue weighted by atomic mass is 32.2. The molecule has 0 N–H and O–H groups in total. The molecule has 1 atom stereocenters. The van der Waals surface area contributed by atoms with Gasteiger partial charge in [-0.1, -0.05) is 30.8 Å². The summed E-state index contributed by atoms with van der Waals surface area (Å²) in [7, 11) is 0. The van der Waals surface area contributed by atoms with Crippen molar-refractivity contribution in [1.29, 1.82) is 0 Å². The van der Waals surface area contributed by atoms with Crippen molar-refractivity contribution in [2.24, 2.45) is 0 Å². The second-order valence-corrected chi connectivity index (χ2v) is 9.01. The summed E-state index contributed by atoms with van der Waals surface area (Å²) in [5.74, 6) is 0.497. The molecule has 2 aromatic carbocycles. The third-order valence-corrected chi connectivity index (χ3v) is 7.00. The Morgan fingerprint density at radius 1 is 1.15 bits per heavy atom. The van der Waals surface area contributed by atoms with E-state index in [1.165, 1.54) is 23.9 Å². The van der Waals surface area contributed by atoms with E-state index in [2.05, 4.69) is 5.10 Å². The first-order valence-electron chi connectivity index (χ1n) is 11.0. The number of amides is 1. The van der Waals surface area contributed by atoms with Gasteiger partial charge in [0.1, 0.15) is 0 Å². The summed E-state index contributed by atoms with van der Waals surface area (Å²) in [4.78, 5) is 35.1. The fraction of sp³-hybridized carbons (Fsp3) is 0.304. The number of nitro benzene ring substituents is 1. The summed E-state index contributed by atoms with van der Waals surface area (Å²) in [6.45, 7) is 4.26. The zero-order valence-electron chi connectivity index (χ0n) is 18.5. The van der Waals surface area contributed by atoms with Gasteiger partial charge in [-0.3, -0.25) is 14.9 Å². The Kier molecular flexibility index (Phi) is 6.12. The maximum absolute atomic E-state index is 13.2. The number of para-hydroxylation sites is 1. The molecule has 0 bridgehead atoms. The molecular weight excluding hydrogens is 456 g/mol. The van der Waals surface area contributed by atoms with Crippen molar-refractivity contribution >= 4 is 39.9 Å². The fourth-order valence-corrected chi connectivity index (χ4v) is 4.93. The Bertz CT molecular complexity index is 1370. The first kappa shape index (κ1) is 22.2. The van der Waals surface area contributed by atoms with Crippen LogP contribution in [0.2, 0.25) is 0 Å². The summed E-state index contributed by atoms with van der Waals surface area (Å²) in [5, 5.41) is 16.8. The van der Waals surface area contributed by atoms with E-state index < -0.39 is 4.92 Å². The van der Waals surface area contributed by atoms with Crippen LogP contribution < -0.4 is 0 Å². The quantitative estimate of drug-likeness (QED) is 0.179. The Morgan fingerprint density at radius 2 is 1.88 bits per heavy atom. The van der Waals surface area contributed by atoms with Crippen molar-refractivity contribution in [1.82, 2.24) is 24.5 Å². The SMILES string of the molecule is CCC(Sc1nc2ccccc2c2nc(-c3ccc([N+](=O)[O-])cc3)nn12)C(=O)N1CCOCC1. The number of rotatable bonds is 6. The lowest BCUT2D eigenvalue weighted by Gasteiger charge is -2.29. The minimum Gasteiger partial charge on any atom is -0.378 e. The van der Waals surface area contributed by atoms with Gasteiger partial charge in [0.25, 0.3) is 5.69 Å². The summed E-state index contributed by atoms with van der Waals surface area (Å²) in [6, 6.07) is 13.8. The van der Waals surface area contributed by atoms with Gasteiger partial charge in [0.15, 0.2) is 16.6 Å². The highest BCUT2D eigenvalue weighted by molar-refractivity contribution is 8.00. The molecule has 1 saturated heterocycles. The highest BCUT2D eigenvalue weighted by Crippen LogP contribution is 2.31. The normalized spacial score (nSPS) is 15.0. The number of fused-ring (bicyclic) bond motifs is 3. The summed E-state index contributed by atoms with van der Waals surface area (Å²) in [5.41, 5.74) is 2.04. The van der Waals surface area contributed by atoms with E-state index in [-0.39, 0.29) is 16.8 Å². The molecular formula is C23H22N6O4S. The number of carbonyl (C=O) groups excluding carboxylic acids is 1. The number of aromatic nitrogens is 4. The van der Waals surface area contributed by atoms with Crippen LogP contribution in [0.4, 0.5) is 5.69 Å². The fourth-order valence-electron chi connectivity index (χ4n) is 3.88. The van der Waals surface area contributed by atoms with Crippen molar-refractivity contribution in [3.8, 4) is 11.4 Å². The number of hydrogen-bond acceptors (Lipinski definition) is 8. The molecule has 0 saturated carbocycles. The van der Waals surface area contributed by atoms with Crippen LogP contribution in [0.25, 0.3) is 27.9 Å². The molecule has 10 nitrogen and oxygen atoms in total. The second-order valence-electron chi connectivity index (χ2n) is 7.84. The second kappa shape index (κ2) is 9.35. The van der Waals surface area contributed by atoms with Crippen molar-refractivity contribution in [2.45, 2.75) is 23.8 Å². The Morgan fingerprint density at radius 3 is 2.59 bits per heavy atom. The first-order chi connectivity index (χ1) is 16.5. The molecule has 0 spiro atoms. The molecule has 1 aliphatic heterocycles.